The Bertz CT molecular complexity index is 6540. The molecule has 0 bridgehead atoms. The van der Waals surface area contributed by atoms with Crippen LogP contribution in [0.4, 0.5) is 0 Å². The molecule has 15 aromatic carbocycles. The zero-order valence-corrected chi connectivity index (χ0v) is 50.9. The van der Waals surface area contributed by atoms with Crippen molar-refractivity contribution in [2.75, 3.05) is 0 Å². The van der Waals surface area contributed by atoms with Crippen molar-refractivity contribution in [2.45, 2.75) is 0 Å². The summed E-state index contributed by atoms with van der Waals surface area (Å²) < 4.78 is 9.58. The van der Waals surface area contributed by atoms with Gasteiger partial charge in [-0.15, -0.1) is 0 Å². The molecule has 5 heterocycles. The minimum atomic E-state index is 0.682. The van der Waals surface area contributed by atoms with E-state index in [4.69, 9.17) is 9.97 Å². The normalized spacial score (nSPS) is 12.0. The highest BCUT2D eigenvalue weighted by Gasteiger charge is 2.21. The molecule has 94 heavy (non-hydrogen) atoms. The summed E-state index contributed by atoms with van der Waals surface area (Å²) in [5.74, 6) is 0.682. The monoisotopic (exact) mass is 1190 g/mol. The minimum Gasteiger partial charge on any atom is -0.309 e. The van der Waals surface area contributed by atoms with Crippen molar-refractivity contribution in [3.05, 3.63) is 328 Å². The lowest BCUT2D eigenvalue weighted by Gasteiger charge is -2.14. The molecular formula is C88H54N6. The van der Waals surface area contributed by atoms with Gasteiger partial charge in [0.2, 0.25) is 0 Å². The lowest BCUT2D eigenvalue weighted by atomic mass is 10.00. The first-order valence-corrected chi connectivity index (χ1v) is 32.2. The van der Waals surface area contributed by atoms with Crippen LogP contribution in [0, 0.1) is 0 Å². The molecule has 436 valence electrons. The minimum absolute atomic E-state index is 0.682. The highest BCUT2D eigenvalue weighted by atomic mass is 15.0. The Kier molecular flexibility index (Phi) is 11.3. The molecular weight excluding hydrogens is 1140 g/mol. The van der Waals surface area contributed by atoms with Crippen molar-refractivity contribution in [3.63, 3.8) is 0 Å². The first kappa shape index (κ1) is 52.2. The number of rotatable bonds is 8. The number of hydrogen-bond donors (Lipinski definition) is 0. The van der Waals surface area contributed by atoms with Crippen molar-refractivity contribution in [3.8, 4) is 67.6 Å². The number of para-hydroxylation sites is 6. The van der Waals surface area contributed by atoms with E-state index in [0.717, 1.165) is 88.6 Å². The maximum atomic E-state index is 5.58. The number of benzene rings is 15. The van der Waals surface area contributed by atoms with Crippen molar-refractivity contribution in [1.82, 2.24) is 28.2 Å². The lowest BCUT2D eigenvalue weighted by Crippen LogP contribution is -1.98. The van der Waals surface area contributed by atoms with Crippen LogP contribution in [0.5, 0.6) is 0 Å². The van der Waals surface area contributed by atoms with Gasteiger partial charge < -0.3 is 18.3 Å². The van der Waals surface area contributed by atoms with E-state index in [9.17, 15) is 0 Å². The molecule has 6 heteroatoms. The molecule has 0 radical (unpaired) electrons. The molecule has 6 nitrogen and oxygen atoms in total. The third kappa shape index (κ3) is 7.96. The van der Waals surface area contributed by atoms with Gasteiger partial charge in [-0.2, -0.15) is 0 Å². The molecule has 20 aromatic rings. The second-order valence-electron chi connectivity index (χ2n) is 24.9. The van der Waals surface area contributed by atoms with E-state index in [1.165, 1.54) is 92.9 Å². The fourth-order valence-corrected chi connectivity index (χ4v) is 15.4. The molecule has 0 aliphatic rings. The quantitative estimate of drug-likeness (QED) is 0.142. The molecule has 0 atom stereocenters. The summed E-state index contributed by atoms with van der Waals surface area (Å²) in [6.07, 6.45) is 0. The first-order chi connectivity index (χ1) is 46.6. The molecule has 0 saturated heterocycles. The van der Waals surface area contributed by atoms with Crippen molar-refractivity contribution < 1.29 is 0 Å². The second kappa shape index (κ2) is 20.4. The lowest BCUT2D eigenvalue weighted by molar-refractivity contribution is 1.18. The van der Waals surface area contributed by atoms with Gasteiger partial charge in [0.25, 0.3) is 0 Å². The van der Waals surface area contributed by atoms with E-state index in [2.05, 4.69) is 346 Å². The SMILES string of the molecule is c1ccc(-n2c3ccccc3c3cc(-c4ccc5c(c4)c4ccccc4n5-c4cccc(-c5nc(-c6ccc7cc(-n8c9ccccc9c9cc(-c%10ccc%11c(c%10)c%10ccccc%10n%11-c%10ccccc%10)ccc98)ccc7c6)nc6c5ccc5ccccc56)c4)ccc32)cc1. The predicted octanol–water partition coefficient (Wildman–Crippen LogP) is 23.0. The largest absolute Gasteiger partial charge is 0.309 e. The summed E-state index contributed by atoms with van der Waals surface area (Å²) in [7, 11) is 0. The standard InChI is InChI=1S/C88H54N6/c1-3-20-64(21-4-1)91-78-30-13-9-26-69(78)74-51-58(38-44-82(74)91)60-40-46-84-76(53-60)71-28-11-15-32-80(71)93(84)66-24-17-19-62(50-66)86-73-43-37-55-18-7-8-25-68(55)87(73)90-88(89-86)63-35-34-57-49-67(42-36-56(57)48-63)94-81-33-16-12-29-72(81)77-54-61(41-47-85(77)94)59-39-45-83-75(52-59)70-27-10-14-31-79(70)92(83)65-22-5-2-6-23-65/h1-54H. The molecule has 0 spiro atoms. The summed E-state index contributed by atoms with van der Waals surface area (Å²) in [5.41, 5.74) is 22.4. The van der Waals surface area contributed by atoms with Gasteiger partial charge >= 0.3 is 0 Å². The Morgan fingerprint density at radius 1 is 0.181 bits per heavy atom. The zero-order valence-electron chi connectivity index (χ0n) is 50.9. The van der Waals surface area contributed by atoms with E-state index < -0.39 is 0 Å². The highest BCUT2D eigenvalue weighted by Crippen LogP contribution is 2.43. The second-order valence-corrected chi connectivity index (χ2v) is 24.9. The van der Waals surface area contributed by atoms with Crippen LogP contribution in [0.1, 0.15) is 0 Å². The number of hydrogen-bond acceptors (Lipinski definition) is 2. The third-order valence-corrected chi connectivity index (χ3v) is 19.7. The molecule has 0 aliphatic carbocycles. The fraction of sp³-hybridized carbons (Fsp3) is 0. The van der Waals surface area contributed by atoms with Gasteiger partial charge in [-0.25, -0.2) is 9.97 Å². The summed E-state index contributed by atoms with van der Waals surface area (Å²) >= 11 is 0. The topological polar surface area (TPSA) is 45.5 Å². The van der Waals surface area contributed by atoms with E-state index in [1.807, 2.05) is 0 Å². The van der Waals surface area contributed by atoms with Crippen LogP contribution in [-0.4, -0.2) is 28.2 Å². The Morgan fingerprint density at radius 2 is 0.553 bits per heavy atom. The summed E-state index contributed by atoms with van der Waals surface area (Å²) in [6, 6.07) is 120. The third-order valence-electron chi connectivity index (χ3n) is 19.7. The van der Waals surface area contributed by atoms with Gasteiger partial charge in [0.1, 0.15) is 0 Å². The maximum absolute atomic E-state index is 5.58. The summed E-state index contributed by atoms with van der Waals surface area (Å²) in [5, 5.41) is 15.3. The van der Waals surface area contributed by atoms with Crippen LogP contribution < -0.4 is 0 Å². The number of nitrogens with zero attached hydrogens (tertiary/aromatic N) is 6. The van der Waals surface area contributed by atoms with Crippen LogP contribution in [0.15, 0.2) is 328 Å². The average molecular weight is 1200 g/mol. The van der Waals surface area contributed by atoms with E-state index in [-0.39, 0.29) is 0 Å². The van der Waals surface area contributed by atoms with Gasteiger partial charge in [-0.1, -0.05) is 194 Å². The Morgan fingerprint density at radius 3 is 1.05 bits per heavy atom. The van der Waals surface area contributed by atoms with Crippen molar-refractivity contribution in [1.29, 1.82) is 0 Å². The average Bonchev–Trinajstić information content (AvgIpc) is 1.48. The van der Waals surface area contributed by atoms with Crippen LogP contribution in [-0.2, 0) is 0 Å². The van der Waals surface area contributed by atoms with Crippen LogP contribution in [0.3, 0.4) is 0 Å². The van der Waals surface area contributed by atoms with Crippen LogP contribution in [0.25, 0.3) is 187 Å². The van der Waals surface area contributed by atoms with E-state index in [0.29, 0.717) is 5.82 Å². The Labute approximate surface area is 540 Å². The smallest absolute Gasteiger partial charge is 0.160 e. The molecule has 5 aromatic heterocycles. The van der Waals surface area contributed by atoms with Gasteiger partial charge in [0.15, 0.2) is 5.82 Å². The molecule has 0 saturated carbocycles. The first-order valence-electron chi connectivity index (χ1n) is 32.2. The van der Waals surface area contributed by atoms with Crippen molar-refractivity contribution in [2.24, 2.45) is 0 Å². The maximum Gasteiger partial charge on any atom is 0.160 e. The Hall–Kier alpha value is -12.6. The van der Waals surface area contributed by atoms with Gasteiger partial charge in [0.05, 0.1) is 55.3 Å². The van der Waals surface area contributed by atoms with Crippen molar-refractivity contribution >= 4 is 120 Å². The van der Waals surface area contributed by atoms with Gasteiger partial charge in [-0.3, -0.25) is 0 Å². The molecule has 0 amide bonds. The summed E-state index contributed by atoms with van der Waals surface area (Å²) in [4.78, 5) is 11.1. The van der Waals surface area contributed by atoms with E-state index in [1.54, 1.807) is 0 Å². The molecule has 0 aliphatic heterocycles. The Balaban J connectivity index is 0.670. The predicted molar refractivity (Wildman–Crippen MR) is 394 cm³/mol. The summed E-state index contributed by atoms with van der Waals surface area (Å²) in [6.45, 7) is 0. The zero-order chi connectivity index (χ0) is 61.5. The van der Waals surface area contributed by atoms with Gasteiger partial charge in [-0.05, 0) is 172 Å². The number of fused-ring (bicyclic) bond motifs is 16. The number of aromatic nitrogens is 6. The highest BCUT2D eigenvalue weighted by molar-refractivity contribution is 6.16. The van der Waals surface area contributed by atoms with Crippen LogP contribution >= 0.6 is 0 Å². The van der Waals surface area contributed by atoms with Crippen LogP contribution in [0.2, 0.25) is 0 Å². The molecule has 0 unspecified atom stereocenters. The van der Waals surface area contributed by atoms with Gasteiger partial charge in [0, 0.05) is 87.7 Å². The van der Waals surface area contributed by atoms with E-state index >= 15 is 0 Å². The molecule has 0 N–H and O–H groups in total. The molecule has 20 rings (SSSR count). The molecule has 0 fully saturated rings. The fourth-order valence-electron chi connectivity index (χ4n) is 15.4.